The average molecular weight is 333 g/mol. The van der Waals surface area contributed by atoms with E-state index in [9.17, 15) is 9.59 Å². The average Bonchev–Trinajstić information content (AvgIpc) is 3.19. The monoisotopic (exact) mass is 333 g/mol. The van der Waals surface area contributed by atoms with Crippen molar-refractivity contribution in [2.45, 2.75) is 12.8 Å². The first-order valence-corrected chi connectivity index (χ1v) is 8.51. The highest BCUT2D eigenvalue weighted by Crippen LogP contribution is 2.25. The second-order valence-corrected chi connectivity index (χ2v) is 6.40. The highest BCUT2D eigenvalue weighted by atomic mass is 16.2. The van der Waals surface area contributed by atoms with Crippen LogP contribution in [0.5, 0.6) is 0 Å². The smallest absolute Gasteiger partial charge is 0.274 e. The van der Waals surface area contributed by atoms with E-state index >= 15 is 0 Å². The van der Waals surface area contributed by atoms with Gasteiger partial charge in [-0.3, -0.25) is 9.59 Å². The van der Waals surface area contributed by atoms with E-state index in [0.29, 0.717) is 10.9 Å². The zero-order chi connectivity index (χ0) is 17.4. The highest BCUT2D eigenvalue weighted by molar-refractivity contribution is 5.96. The molecule has 0 aliphatic carbocycles. The van der Waals surface area contributed by atoms with Gasteiger partial charge in [0.05, 0.1) is 11.1 Å². The van der Waals surface area contributed by atoms with Gasteiger partial charge >= 0.3 is 0 Å². The lowest BCUT2D eigenvalue weighted by Gasteiger charge is -2.15. The molecule has 2 aromatic carbocycles. The minimum atomic E-state index is -0.111. The van der Waals surface area contributed by atoms with Crippen LogP contribution in [0.3, 0.4) is 0 Å². The summed E-state index contributed by atoms with van der Waals surface area (Å²) in [5, 5.41) is 5.90. The molecule has 25 heavy (non-hydrogen) atoms. The predicted octanol–water partition coefficient (Wildman–Crippen LogP) is 2.84. The van der Waals surface area contributed by atoms with Crippen molar-refractivity contribution >= 4 is 16.7 Å². The van der Waals surface area contributed by atoms with E-state index in [-0.39, 0.29) is 11.5 Å². The number of rotatable bonds is 2. The maximum atomic E-state index is 12.5. The molecule has 5 heteroatoms. The summed E-state index contributed by atoms with van der Waals surface area (Å²) in [5.74, 6) is 0.0855. The first-order chi connectivity index (χ1) is 12.1. The topological polar surface area (TPSA) is 55.2 Å². The molecule has 0 radical (unpaired) electrons. The molecule has 0 N–H and O–H groups in total. The van der Waals surface area contributed by atoms with E-state index in [4.69, 9.17) is 0 Å². The van der Waals surface area contributed by atoms with Crippen LogP contribution in [-0.4, -0.2) is 33.7 Å². The van der Waals surface area contributed by atoms with Gasteiger partial charge < -0.3 is 4.90 Å². The molecule has 4 rings (SSSR count). The van der Waals surface area contributed by atoms with Gasteiger partial charge in [-0.2, -0.15) is 5.10 Å². The second kappa shape index (κ2) is 6.16. The maximum Gasteiger partial charge on any atom is 0.274 e. The van der Waals surface area contributed by atoms with Gasteiger partial charge in [0.25, 0.3) is 11.5 Å². The van der Waals surface area contributed by atoms with Crippen LogP contribution in [0.25, 0.3) is 22.0 Å². The van der Waals surface area contributed by atoms with Crippen LogP contribution in [0, 0.1) is 0 Å². The molecule has 1 aromatic heterocycles. The standard InChI is InChI=1S/C20H19N3O2/c1-22-20(25)17-7-3-2-6-16(17)18(21-22)14-8-10-15(11-9-14)19(24)23-12-4-5-13-23/h2-3,6-11H,4-5,12-13H2,1H3. The minimum absolute atomic E-state index is 0.0855. The van der Waals surface area contributed by atoms with Crippen molar-refractivity contribution in [3.63, 3.8) is 0 Å². The van der Waals surface area contributed by atoms with Crippen molar-refractivity contribution in [1.82, 2.24) is 14.7 Å². The third-order valence-electron chi connectivity index (χ3n) is 4.76. The predicted molar refractivity (Wildman–Crippen MR) is 97.6 cm³/mol. The molecule has 0 saturated carbocycles. The largest absolute Gasteiger partial charge is 0.339 e. The zero-order valence-corrected chi connectivity index (χ0v) is 14.1. The highest BCUT2D eigenvalue weighted by Gasteiger charge is 2.19. The Morgan fingerprint density at radius 3 is 2.28 bits per heavy atom. The van der Waals surface area contributed by atoms with Gasteiger partial charge in [-0.05, 0) is 31.0 Å². The lowest BCUT2D eigenvalue weighted by Crippen LogP contribution is -2.27. The molecule has 3 aromatic rings. The molecular weight excluding hydrogens is 314 g/mol. The number of carbonyl (C=O) groups excluding carboxylic acids is 1. The molecule has 1 amide bonds. The Bertz CT molecular complexity index is 1000. The summed E-state index contributed by atoms with van der Waals surface area (Å²) in [7, 11) is 1.66. The molecule has 0 spiro atoms. The van der Waals surface area contributed by atoms with Crippen molar-refractivity contribution in [1.29, 1.82) is 0 Å². The third kappa shape index (κ3) is 2.71. The van der Waals surface area contributed by atoms with Crippen LogP contribution in [0.4, 0.5) is 0 Å². The Labute approximate surface area is 145 Å². The lowest BCUT2D eigenvalue weighted by atomic mass is 10.0. The molecule has 1 saturated heterocycles. The number of likely N-dealkylation sites (tertiary alicyclic amines) is 1. The first kappa shape index (κ1) is 15.6. The quantitative estimate of drug-likeness (QED) is 0.725. The minimum Gasteiger partial charge on any atom is -0.339 e. The van der Waals surface area contributed by atoms with Gasteiger partial charge in [0.2, 0.25) is 0 Å². The normalized spacial score (nSPS) is 14.2. The molecule has 5 nitrogen and oxygen atoms in total. The summed E-state index contributed by atoms with van der Waals surface area (Å²) in [4.78, 5) is 26.6. The maximum absolute atomic E-state index is 12.5. The van der Waals surface area contributed by atoms with Gasteiger partial charge in [-0.1, -0.05) is 30.3 Å². The number of aromatic nitrogens is 2. The number of hydrogen-bond acceptors (Lipinski definition) is 3. The van der Waals surface area contributed by atoms with E-state index < -0.39 is 0 Å². The van der Waals surface area contributed by atoms with Crippen LogP contribution in [0.1, 0.15) is 23.2 Å². The van der Waals surface area contributed by atoms with E-state index in [2.05, 4.69) is 5.10 Å². The summed E-state index contributed by atoms with van der Waals surface area (Å²) in [5.41, 5.74) is 2.22. The fourth-order valence-corrected chi connectivity index (χ4v) is 3.39. The summed E-state index contributed by atoms with van der Waals surface area (Å²) in [6.07, 6.45) is 2.16. The number of benzene rings is 2. The Morgan fingerprint density at radius 2 is 1.60 bits per heavy atom. The summed E-state index contributed by atoms with van der Waals surface area (Å²) in [6.45, 7) is 1.68. The van der Waals surface area contributed by atoms with Crippen LogP contribution in [-0.2, 0) is 7.05 Å². The summed E-state index contributed by atoms with van der Waals surface area (Å²) >= 11 is 0. The van der Waals surface area contributed by atoms with Crippen molar-refractivity contribution in [2.24, 2.45) is 7.05 Å². The van der Waals surface area contributed by atoms with Crippen LogP contribution in [0.15, 0.2) is 53.3 Å². The number of amides is 1. The number of nitrogens with zero attached hydrogens (tertiary/aromatic N) is 3. The van der Waals surface area contributed by atoms with E-state index in [1.54, 1.807) is 7.05 Å². The van der Waals surface area contributed by atoms with E-state index in [1.165, 1.54) is 4.68 Å². The number of fused-ring (bicyclic) bond motifs is 1. The number of aryl methyl sites for hydroxylation is 1. The van der Waals surface area contributed by atoms with Crippen LogP contribution in [0.2, 0.25) is 0 Å². The molecule has 2 heterocycles. The fraction of sp³-hybridized carbons (Fsp3) is 0.250. The Balaban J connectivity index is 1.76. The summed E-state index contributed by atoms with van der Waals surface area (Å²) in [6, 6.07) is 15.0. The van der Waals surface area contributed by atoms with Crippen molar-refractivity contribution < 1.29 is 4.79 Å². The van der Waals surface area contributed by atoms with Gasteiger partial charge in [-0.25, -0.2) is 4.68 Å². The Kier molecular flexibility index (Phi) is 3.84. The van der Waals surface area contributed by atoms with Crippen molar-refractivity contribution in [3.8, 4) is 11.3 Å². The molecule has 126 valence electrons. The molecule has 1 fully saturated rings. The summed E-state index contributed by atoms with van der Waals surface area (Å²) < 4.78 is 1.36. The molecule has 1 aliphatic heterocycles. The van der Waals surface area contributed by atoms with E-state index in [1.807, 2.05) is 53.4 Å². The third-order valence-corrected chi connectivity index (χ3v) is 4.76. The number of hydrogen-bond donors (Lipinski definition) is 0. The molecular formula is C20H19N3O2. The number of carbonyl (C=O) groups is 1. The Hall–Kier alpha value is -2.95. The molecule has 1 aliphatic rings. The molecule has 0 bridgehead atoms. The molecule has 0 unspecified atom stereocenters. The van der Waals surface area contributed by atoms with Gasteiger partial charge in [0.15, 0.2) is 0 Å². The van der Waals surface area contributed by atoms with Gasteiger partial charge in [-0.15, -0.1) is 0 Å². The second-order valence-electron chi connectivity index (χ2n) is 6.40. The SMILES string of the molecule is Cn1nc(-c2ccc(C(=O)N3CCCC3)cc2)c2ccccc2c1=O. The van der Waals surface area contributed by atoms with Crippen LogP contribution < -0.4 is 5.56 Å². The molecule has 0 atom stereocenters. The van der Waals surface area contributed by atoms with Crippen molar-refractivity contribution in [2.75, 3.05) is 13.1 Å². The lowest BCUT2D eigenvalue weighted by molar-refractivity contribution is 0.0793. The van der Waals surface area contributed by atoms with Gasteiger partial charge in [0.1, 0.15) is 0 Å². The van der Waals surface area contributed by atoms with Gasteiger partial charge in [0, 0.05) is 36.7 Å². The fourth-order valence-electron chi connectivity index (χ4n) is 3.39. The van der Waals surface area contributed by atoms with Crippen molar-refractivity contribution in [3.05, 3.63) is 64.4 Å². The van der Waals surface area contributed by atoms with Crippen LogP contribution >= 0.6 is 0 Å². The Morgan fingerprint density at radius 1 is 0.960 bits per heavy atom. The zero-order valence-electron chi connectivity index (χ0n) is 14.1. The first-order valence-electron chi connectivity index (χ1n) is 8.51. The van der Waals surface area contributed by atoms with E-state index in [0.717, 1.165) is 42.6 Å².